The van der Waals surface area contributed by atoms with Gasteiger partial charge in [-0.15, -0.1) is 11.3 Å². The summed E-state index contributed by atoms with van der Waals surface area (Å²) in [6.45, 7) is 5.63. The van der Waals surface area contributed by atoms with Gasteiger partial charge in [-0.25, -0.2) is 0 Å². The molecule has 0 bridgehead atoms. The average molecular weight is 313 g/mol. The smallest absolute Gasteiger partial charge is 0.271 e. The van der Waals surface area contributed by atoms with E-state index in [1.165, 1.54) is 16.2 Å². The number of amides is 2. The monoisotopic (exact) mass is 313 g/mol. The van der Waals surface area contributed by atoms with Crippen LogP contribution in [0.25, 0.3) is 5.70 Å². The molecule has 0 spiro atoms. The van der Waals surface area contributed by atoms with Gasteiger partial charge in [-0.2, -0.15) is 4.99 Å². The summed E-state index contributed by atoms with van der Waals surface area (Å²) in [4.78, 5) is 31.0. The minimum absolute atomic E-state index is 0.202. The van der Waals surface area contributed by atoms with E-state index in [4.69, 9.17) is 0 Å². The van der Waals surface area contributed by atoms with Crippen LogP contribution in [0.3, 0.4) is 0 Å². The second-order valence-electron chi connectivity index (χ2n) is 5.09. The summed E-state index contributed by atoms with van der Waals surface area (Å²) in [6.07, 6.45) is 1.83. The van der Waals surface area contributed by atoms with Crippen molar-refractivity contribution in [1.29, 1.82) is 0 Å². The fourth-order valence-electron chi connectivity index (χ4n) is 2.45. The molecule has 0 fully saturated rings. The van der Waals surface area contributed by atoms with Crippen LogP contribution in [-0.4, -0.2) is 27.3 Å². The number of carbonyl (C=O) groups is 2. The first kappa shape index (κ1) is 14.5. The molecule has 22 heavy (non-hydrogen) atoms. The Labute approximate surface area is 131 Å². The summed E-state index contributed by atoms with van der Waals surface area (Å²) in [5.74, 6) is -0.562. The van der Waals surface area contributed by atoms with Crippen LogP contribution in [0.15, 0.2) is 47.4 Å². The minimum atomic E-state index is -0.686. The molecule has 0 unspecified atom stereocenters. The van der Waals surface area contributed by atoms with Crippen LogP contribution in [0.2, 0.25) is 0 Å². The zero-order valence-electron chi connectivity index (χ0n) is 12.3. The molecular weight excluding hydrogens is 298 g/mol. The molecule has 0 saturated carbocycles. The molecular formula is C16H15N3O2S. The predicted molar refractivity (Wildman–Crippen MR) is 85.0 cm³/mol. The van der Waals surface area contributed by atoms with E-state index >= 15 is 0 Å². The van der Waals surface area contributed by atoms with Crippen LogP contribution in [0, 0.1) is 0 Å². The third-order valence-electron chi connectivity index (χ3n) is 3.69. The van der Waals surface area contributed by atoms with Gasteiger partial charge in [0.1, 0.15) is 6.04 Å². The van der Waals surface area contributed by atoms with Gasteiger partial charge in [-0.1, -0.05) is 24.8 Å². The van der Waals surface area contributed by atoms with Crippen LogP contribution in [0.1, 0.15) is 22.8 Å². The molecule has 2 heterocycles. The summed E-state index contributed by atoms with van der Waals surface area (Å²) in [5, 5.41) is 1.85. The lowest BCUT2D eigenvalue weighted by Gasteiger charge is -2.22. The number of hydrogen-bond acceptors (Lipinski definition) is 3. The van der Waals surface area contributed by atoms with Crippen molar-refractivity contribution in [2.24, 2.45) is 12.0 Å². The van der Waals surface area contributed by atoms with Gasteiger partial charge >= 0.3 is 0 Å². The Morgan fingerprint density at radius 1 is 1.32 bits per heavy atom. The number of aryl methyl sites for hydroxylation is 1. The molecule has 1 aliphatic rings. The molecule has 2 aromatic rings. The molecule has 0 saturated heterocycles. The molecule has 1 aromatic carbocycles. The normalized spacial score (nSPS) is 16.1. The van der Waals surface area contributed by atoms with E-state index in [0.717, 1.165) is 5.56 Å². The van der Waals surface area contributed by atoms with Crippen molar-refractivity contribution >= 4 is 28.8 Å². The zero-order valence-corrected chi connectivity index (χ0v) is 13.1. The van der Waals surface area contributed by atoms with Crippen LogP contribution >= 0.6 is 11.3 Å². The standard InChI is InChI=1S/C16H15N3O2S/c1-10-12-6-4-5-7-13(12)15(21)19(10)11(2)14(20)17-16-18(3)8-9-22-16/h4-9,11H,1H2,2-3H3/t11-/m1/s1. The quantitative estimate of drug-likeness (QED) is 0.852. The van der Waals surface area contributed by atoms with Gasteiger partial charge < -0.3 is 4.57 Å². The van der Waals surface area contributed by atoms with Gasteiger partial charge in [0.15, 0.2) is 4.80 Å². The molecule has 1 aromatic heterocycles. The van der Waals surface area contributed by atoms with Crippen molar-refractivity contribution in [2.75, 3.05) is 0 Å². The van der Waals surface area contributed by atoms with Gasteiger partial charge in [0, 0.05) is 35.4 Å². The molecule has 1 atom stereocenters. The highest BCUT2D eigenvalue weighted by Crippen LogP contribution is 2.32. The third kappa shape index (κ3) is 2.21. The van der Waals surface area contributed by atoms with Gasteiger partial charge in [0.25, 0.3) is 11.8 Å². The Morgan fingerprint density at radius 3 is 2.59 bits per heavy atom. The van der Waals surface area contributed by atoms with E-state index in [0.29, 0.717) is 16.1 Å². The Balaban J connectivity index is 1.93. The number of nitrogens with zero attached hydrogens (tertiary/aromatic N) is 3. The summed E-state index contributed by atoms with van der Waals surface area (Å²) in [7, 11) is 1.82. The first-order chi connectivity index (χ1) is 10.5. The Hall–Kier alpha value is -2.47. The third-order valence-corrected chi connectivity index (χ3v) is 4.54. The van der Waals surface area contributed by atoms with Crippen LogP contribution < -0.4 is 4.80 Å². The number of fused-ring (bicyclic) bond motifs is 1. The Kier molecular flexibility index (Phi) is 3.54. The number of hydrogen-bond donors (Lipinski definition) is 0. The second-order valence-corrected chi connectivity index (χ2v) is 5.96. The number of thiazole rings is 1. The highest BCUT2D eigenvalue weighted by atomic mass is 32.1. The average Bonchev–Trinajstić information content (AvgIpc) is 3.02. The van der Waals surface area contributed by atoms with Crippen molar-refractivity contribution in [1.82, 2.24) is 9.47 Å². The van der Waals surface area contributed by atoms with Crippen molar-refractivity contribution in [2.45, 2.75) is 13.0 Å². The van der Waals surface area contributed by atoms with Crippen LogP contribution in [0.4, 0.5) is 0 Å². The fraction of sp³-hybridized carbons (Fsp3) is 0.188. The fourth-order valence-corrected chi connectivity index (χ4v) is 3.18. The molecule has 0 aliphatic carbocycles. The molecule has 0 N–H and O–H groups in total. The largest absolute Gasteiger partial charge is 0.327 e. The maximum atomic E-state index is 12.5. The van der Waals surface area contributed by atoms with Gasteiger partial charge in [-0.3, -0.25) is 14.5 Å². The van der Waals surface area contributed by atoms with E-state index in [1.54, 1.807) is 23.6 Å². The number of benzene rings is 1. The highest BCUT2D eigenvalue weighted by molar-refractivity contribution is 7.07. The van der Waals surface area contributed by atoms with E-state index in [-0.39, 0.29) is 11.8 Å². The van der Waals surface area contributed by atoms with E-state index in [9.17, 15) is 9.59 Å². The lowest BCUT2D eigenvalue weighted by molar-refractivity contribution is -0.121. The topological polar surface area (TPSA) is 54.7 Å². The van der Waals surface area contributed by atoms with Gasteiger partial charge in [0.2, 0.25) is 0 Å². The SMILES string of the molecule is C=C1c2ccccc2C(=O)N1[C@H](C)C(=O)N=c1sccn1C. The summed E-state index contributed by atoms with van der Waals surface area (Å²) in [5.41, 5.74) is 1.90. The van der Waals surface area contributed by atoms with Crippen molar-refractivity contribution in [3.05, 3.63) is 58.3 Å². The number of carbonyl (C=O) groups excluding carboxylic acids is 2. The molecule has 112 valence electrons. The number of rotatable bonds is 2. The number of aromatic nitrogens is 1. The first-order valence-electron chi connectivity index (χ1n) is 6.81. The predicted octanol–water partition coefficient (Wildman–Crippen LogP) is 2.03. The summed E-state index contributed by atoms with van der Waals surface area (Å²) < 4.78 is 1.77. The molecule has 1 aliphatic heterocycles. The van der Waals surface area contributed by atoms with Crippen molar-refractivity contribution < 1.29 is 9.59 Å². The Bertz CT molecular complexity index is 812. The molecule has 0 radical (unpaired) electrons. The lowest BCUT2D eigenvalue weighted by Crippen LogP contribution is -2.38. The zero-order chi connectivity index (χ0) is 15.9. The van der Waals surface area contributed by atoms with Crippen molar-refractivity contribution in [3.63, 3.8) is 0 Å². The second kappa shape index (κ2) is 5.38. The van der Waals surface area contributed by atoms with Gasteiger partial charge in [-0.05, 0) is 13.0 Å². The van der Waals surface area contributed by atoms with E-state index in [1.807, 2.05) is 30.8 Å². The van der Waals surface area contributed by atoms with Crippen LogP contribution in [-0.2, 0) is 11.8 Å². The van der Waals surface area contributed by atoms with E-state index in [2.05, 4.69) is 11.6 Å². The van der Waals surface area contributed by atoms with E-state index < -0.39 is 6.04 Å². The Morgan fingerprint density at radius 2 is 2.00 bits per heavy atom. The highest BCUT2D eigenvalue weighted by Gasteiger charge is 2.36. The maximum absolute atomic E-state index is 12.5. The molecule has 6 heteroatoms. The first-order valence-corrected chi connectivity index (χ1v) is 7.69. The molecule has 3 rings (SSSR count). The summed E-state index contributed by atoms with van der Waals surface area (Å²) in [6, 6.07) is 6.55. The van der Waals surface area contributed by atoms with Crippen molar-refractivity contribution in [3.8, 4) is 0 Å². The molecule has 2 amide bonds. The minimum Gasteiger partial charge on any atom is -0.327 e. The maximum Gasteiger partial charge on any atom is 0.271 e. The molecule has 5 nitrogen and oxygen atoms in total. The van der Waals surface area contributed by atoms with Crippen LogP contribution in [0.5, 0.6) is 0 Å². The van der Waals surface area contributed by atoms with Gasteiger partial charge in [0.05, 0.1) is 0 Å². The summed E-state index contributed by atoms with van der Waals surface area (Å²) >= 11 is 1.38. The lowest BCUT2D eigenvalue weighted by atomic mass is 10.1.